The van der Waals surface area contributed by atoms with E-state index in [4.69, 9.17) is 0 Å². The minimum absolute atomic E-state index is 0.970. The maximum Gasteiger partial charge on any atom is 0.0582 e. The molecule has 3 heteroatoms. The van der Waals surface area contributed by atoms with Crippen molar-refractivity contribution in [3.63, 3.8) is 0 Å². The van der Waals surface area contributed by atoms with Crippen molar-refractivity contribution in [2.45, 2.75) is 33.9 Å². The molecule has 0 aliphatic carbocycles. The number of aromatic nitrogens is 1. The number of hydrogen-bond donors (Lipinski definition) is 1. The van der Waals surface area contributed by atoms with Gasteiger partial charge in [0.15, 0.2) is 0 Å². The lowest BCUT2D eigenvalue weighted by Gasteiger charge is -2.31. The van der Waals surface area contributed by atoms with Crippen molar-refractivity contribution in [2.24, 2.45) is 0 Å². The Morgan fingerprint density at radius 3 is 2.60 bits per heavy atom. The molecule has 0 bridgehead atoms. The summed E-state index contributed by atoms with van der Waals surface area (Å²) in [5.74, 6) is 0. The molecule has 0 unspecified atom stereocenters. The second-order valence-electron chi connectivity index (χ2n) is 5.60. The number of hydrogen-bond acceptors (Lipinski definition) is 2. The first-order valence-electron chi connectivity index (χ1n) is 7.43. The number of aryl methyl sites for hydroxylation is 2. The summed E-state index contributed by atoms with van der Waals surface area (Å²) in [5.41, 5.74) is 6.71. The summed E-state index contributed by atoms with van der Waals surface area (Å²) in [5, 5.41) is 3.46. The maximum atomic E-state index is 3.46. The molecule has 106 valence electrons. The van der Waals surface area contributed by atoms with Crippen LogP contribution in [0.25, 0.3) is 0 Å². The van der Waals surface area contributed by atoms with Crippen molar-refractivity contribution < 1.29 is 0 Å². The van der Waals surface area contributed by atoms with Gasteiger partial charge in [-0.2, -0.15) is 0 Å². The number of fused-ring (bicyclic) bond motifs is 1. The van der Waals surface area contributed by atoms with Crippen LogP contribution in [-0.2, 0) is 13.1 Å². The predicted octanol–water partition coefficient (Wildman–Crippen LogP) is 3.56. The first-order chi connectivity index (χ1) is 9.69. The van der Waals surface area contributed by atoms with Crippen molar-refractivity contribution in [3.05, 3.63) is 47.3 Å². The first-order valence-corrected chi connectivity index (χ1v) is 7.43. The molecule has 1 N–H and O–H groups in total. The van der Waals surface area contributed by atoms with E-state index >= 15 is 0 Å². The second-order valence-corrected chi connectivity index (χ2v) is 5.60. The molecule has 0 radical (unpaired) electrons. The SMILES string of the molecule is CCNc1c(C)cc(N2CCn3cccc3C2)cc1C. The monoisotopic (exact) mass is 269 g/mol. The molecule has 0 spiro atoms. The lowest BCUT2D eigenvalue weighted by Crippen LogP contribution is -2.33. The van der Waals surface area contributed by atoms with Crippen LogP contribution in [0.5, 0.6) is 0 Å². The fraction of sp³-hybridized carbons (Fsp3) is 0.412. The van der Waals surface area contributed by atoms with Gasteiger partial charge in [-0.1, -0.05) is 0 Å². The lowest BCUT2D eigenvalue weighted by atomic mass is 10.1. The fourth-order valence-corrected chi connectivity index (χ4v) is 3.11. The van der Waals surface area contributed by atoms with E-state index in [1.807, 2.05) is 0 Å². The Labute approximate surface area is 121 Å². The van der Waals surface area contributed by atoms with Crippen LogP contribution in [0.1, 0.15) is 23.7 Å². The van der Waals surface area contributed by atoms with E-state index < -0.39 is 0 Å². The van der Waals surface area contributed by atoms with Crippen LogP contribution in [0.15, 0.2) is 30.5 Å². The van der Waals surface area contributed by atoms with Crippen LogP contribution in [-0.4, -0.2) is 17.7 Å². The zero-order valence-corrected chi connectivity index (χ0v) is 12.6. The summed E-state index contributed by atoms with van der Waals surface area (Å²) in [7, 11) is 0. The van der Waals surface area contributed by atoms with Gasteiger partial charge in [0.2, 0.25) is 0 Å². The van der Waals surface area contributed by atoms with Gasteiger partial charge in [0.05, 0.1) is 6.54 Å². The summed E-state index contributed by atoms with van der Waals surface area (Å²) in [4.78, 5) is 2.48. The highest BCUT2D eigenvalue weighted by molar-refractivity contribution is 5.65. The third-order valence-electron chi connectivity index (χ3n) is 4.12. The molecule has 0 atom stereocenters. The highest BCUT2D eigenvalue weighted by atomic mass is 15.2. The first kappa shape index (κ1) is 13.1. The van der Waals surface area contributed by atoms with Gasteiger partial charge in [0, 0.05) is 42.9 Å². The fourth-order valence-electron chi connectivity index (χ4n) is 3.11. The largest absolute Gasteiger partial charge is 0.385 e. The van der Waals surface area contributed by atoms with Gasteiger partial charge in [0.25, 0.3) is 0 Å². The normalized spacial score (nSPS) is 14.2. The molecule has 0 amide bonds. The number of benzene rings is 1. The minimum Gasteiger partial charge on any atom is -0.385 e. The van der Waals surface area contributed by atoms with Crippen LogP contribution in [0.4, 0.5) is 11.4 Å². The van der Waals surface area contributed by atoms with Crippen molar-refractivity contribution in [1.29, 1.82) is 0 Å². The molecule has 3 rings (SSSR count). The van der Waals surface area contributed by atoms with Gasteiger partial charge in [-0.3, -0.25) is 0 Å². The summed E-state index contributed by atoms with van der Waals surface area (Å²) in [6.45, 7) is 10.7. The Bertz CT molecular complexity index is 589. The average Bonchev–Trinajstić information content (AvgIpc) is 2.90. The summed E-state index contributed by atoms with van der Waals surface area (Å²) in [6, 6.07) is 8.98. The zero-order valence-electron chi connectivity index (χ0n) is 12.6. The number of nitrogens with zero attached hydrogens (tertiary/aromatic N) is 2. The Morgan fingerprint density at radius 2 is 1.90 bits per heavy atom. The summed E-state index contributed by atoms with van der Waals surface area (Å²) >= 11 is 0. The van der Waals surface area contributed by atoms with Crippen molar-refractivity contribution in [1.82, 2.24) is 4.57 Å². The average molecular weight is 269 g/mol. The van der Waals surface area contributed by atoms with Gasteiger partial charge in [0.1, 0.15) is 0 Å². The Balaban J connectivity index is 1.88. The number of rotatable bonds is 3. The molecule has 20 heavy (non-hydrogen) atoms. The Morgan fingerprint density at radius 1 is 1.15 bits per heavy atom. The Kier molecular flexibility index (Phi) is 3.43. The third-order valence-corrected chi connectivity index (χ3v) is 4.12. The van der Waals surface area contributed by atoms with Crippen LogP contribution < -0.4 is 10.2 Å². The molecule has 2 aromatic rings. The predicted molar refractivity (Wildman–Crippen MR) is 85.6 cm³/mol. The van der Waals surface area contributed by atoms with Crippen LogP contribution >= 0.6 is 0 Å². The van der Waals surface area contributed by atoms with Crippen molar-refractivity contribution >= 4 is 11.4 Å². The number of anilines is 2. The van der Waals surface area contributed by atoms with Gasteiger partial charge >= 0.3 is 0 Å². The highest BCUT2D eigenvalue weighted by Gasteiger charge is 2.17. The van der Waals surface area contributed by atoms with Crippen LogP contribution in [0.2, 0.25) is 0 Å². The molecule has 0 saturated heterocycles. The Hall–Kier alpha value is -1.90. The minimum atomic E-state index is 0.970. The van der Waals surface area contributed by atoms with E-state index in [-0.39, 0.29) is 0 Å². The van der Waals surface area contributed by atoms with E-state index in [1.54, 1.807) is 0 Å². The summed E-state index contributed by atoms with van der Waals surface area (Å²) < 4.78 is 2.35. The van der Waals surface area contributed by atoms with Gasteiger partial charge in [-0.05, 0) is 56.2 Å². The quantitative estimate of drug-likeness (QED) is 0.919. The van der Waals surface area contributed by atoms with Gasteiger partial charge in [-0.15, -0.1) is 0 Å². The third kappa shape index (κ3) is 2.28. The van der Waals surface area contributed by atoms with Crippen molar-refractivity contribution in [2.75, 3.05) is 23.3 Å². The molecular weight excluding hydrogens is 246 g/mol. The lowest BCUT2D eigenvalue weighted by molar-refractivity contribution is 0.572. The molecule has 1 aliphatic heterocycles. The topological polar surface area (TPSA) is 20.2 Å². The molecule has 0 saturated carbocycles. The van der Waals surface area contributed by atoms with E-state index in [0.717, 1.165) is 26.2 Å². The van der Waals surface area contributed by atoms with E-state index in [1.165, 1.54) is 28.2 Å². The molecule has 2 heterocycles. The highest BCUT2D eigenvalue weighted by Crippen LogP contribution is 2.29. The maximum absolute atomic E-state index is 3.46. The molecule has 1 aromatic heterocycles. The molecule has 1 aromatic carbocycles. The van der Waals surface area contributed by atoms with Gasteiger partial charge < -0.3 is 14.8 Å². The molecule has 1 aliphatic rings. The van der Waals surface area contributed by atoms with E-state index in [9.17, 15) is 0 Å². The van der Waals surface area contributed by atoms with Crippen LogP contribution in [0.3, 0.4) is 0 Å². The smallest absolute Gasteiger partial charge is 0.0582 e. The second kappa shape index (κ2) is 5.23. The standard InChI is InChI=1S/C17H23N3/c1-4-18-17-13(2)10-16(11-14(17)3)20-9-8-19-7-5-6-15(19)12-20/h5-7,10-11,18H,4,8-9,12H2,1-3H3. The van der Waals surface area contributed by atoms with Crippen LogP contribution in [0, 0.1) is 13.8 Å². The van der Waals surface area contributed by atoms with E-state index in [0.29, 0.717) is 0 Å². The summed E-state index contributed by atoms with van der Waals surface area (Å²) in [6.07, 6.45) is 2.18. The molecule has 3 nitrogen and oxygen atoms in total. The molecular formula is C17H23N3. The number of nitrogens with one attached hydrogen (secondary N) is 1. The molecule has 0 fully saturated rings. The van der Waals surface area contributed by atoms with E-state index in [2.05, 4.69) is 66.0 Å². The van der Waals surface area contributed by atoms with Gasteiger partial charge in [-0.25, -0.2) is 0 Å². The van der Waals surface area contributed by atoms with Crippen molar-refractivity contribution in [3.8, 4) is 0 Å². The zero-order chi connectivity index (χ0) is 14.1.